The van der Waals surface area contributed by atoms with Crippen LogP contribution >= 0.6 is 11.9 Å². The number of benzene rings is 1. The summed E-state index contributed by atoms with van der Waals surface area (Å²) in [5.74, 6) is 1.49. The van der Waals surface area contributed by atoms with Crippen molar-refractivity contribution in [1.29, 1.82) is 0 Å². The van der Waals surface area contributed by atoms with Crippen molar-refractivity contribution in [2.24, 2.45) is 13.0 Å². The van der Waals surface area contributed by atoms with E-state index in [1.54, 1.807) is 0 Å². The van der Waals surface area contributed by atoms with E-state index >= 15 is 0 Å². The van der Waals surface area contributed by atoms with Gasteiger partial charge in [0.25, 0.3) is 0 Å². The van der Waals surface area contributed by atoms with Gasteiger partial charge in [-0.1, -0.05) is 19.9 Å². The maximum absolute atomic E-state index is 5.77. The first-order valence-corrected chi connectivity index (χ1v) is 10.6. The molecule has 1 aliphatic rings. The van der Waals surface area contributed by atoms with Crippen LogP contribution in [0.25, 0.3) is 11.2 Å². The second-order valence-corrected chi connectivity index (χ2v) is 8.97. The average Bonchev–Trinajstić information content (AvgIpc) is 2.68. The van der Waals surface area contributed by atoms with E-state index in [2.05, 4.69) is 77.3 Å². The zero-order valence-electron chi connectivity index (χ0n) is 17.1. The van der Waals surface area contributed by atoms with Gasteiger partial charge in [0.1, 0.15) is 5.75 Å². The topological polar surface area (TPSA) is 34.7 Å². The molecule has 3 aromatic rings. The van der Waals surface area contributed by atoms with Crippen molar-refractivity contribution in [3.8, 4) is 5.75 Å². The fourth-order valence-corrected chi connectivity index (χ4v) is 4.30. The smallest absolute Gasteiger partial charge is 0.175 e. The Hall–Kier alpha value is -2.18. The highest BCUT2D eigenvalue weighted by Gasteiger charge is 2.17. The Balaban J connectivity index is 1.38. The molecule has 0 radical (unpaired) electrons. The second kappa shape index (κ2) is 8.05. The van der Waals surface area contributed by atoms with Gasteiger partial charge in [-0.25, -0.2) is 13.6 Å². The van der Waals surface area contributed by atoms with Gasteiger partial charge in [0.05, 0.1) is 6.61 Å². The quantitative estimate of drug-likeness (QED) is 0.560. The third kappa shape index (κ3) is 4.13. The molecule has 28 heavy (non-hydrogen) atoms. The van der Waals surface area contributed by atoms with E-state index < -0.39 is 0 Å². The van der Waals surface area contributed by atoms with Crippen molar-refractivity contribution in [2.75, 3.05) is 19.7 Å². The summed E-state index contributed by atoms with van der Waals surface area (Å²) >= 11 is 1.82. The van der Waals surface area contributed by atoms with Crippen LogP contribution in [0.1, 0.15) is 31.4 Å². The predicted octanol–water partition coefficient (Wildman–Crippen LogP) is 4.81. The fourth-order valence-electron chi connectivity index (χ4n) is 3.42. The number of aryl methyl sites for hydroxylation is 2. The molecule has 0 atom stereocenters. The van der Waals surface area contributed by atoms with E-state index in [0.717, 1.165) is 37.5 Å². The molecule has 0 spiro atoms. The Bertz CT molecular complexity index is 984. The number of aromatic nitrogens is 3. The number of ether oxygens (including phenoxy) is 1. The molecule has 6 heteroatoms. The lowest BCUT2D eigenvalue weighted by Gasteiger charge is -2.26. The average molecular weight is 397 g/mol. The number of rotatable bonds is 6. The van der Waals surface area contributed by atoms with Gasteiger partial charge in [-0.05, 0) is 78.2 Å². The van der Waals surface area contributed by atoms with Crippen LogP contribution < -0.4 is 4.74 Å². The first-order valence-electron chi connectivity index (χ1n) is 9.87. The fraction of sp³-hybridized carbons (Fsp3) is 0.409. The number of hydrogen-bond acceptors (Lipinski definition) is 4. The lowest BCUT2D eigenvalue weighted by molar-refractivity contribution is 0.271. The van der Waals surface area contributed by atoms with Crippen LogP contribution in [0.5, 0.6) is 5.75 Å². The van der Waals surface area contributed by atoms with Crippen LogP contribution in [0, 0.1) is 12.8 Å². The molecule has 4 rings (SSSR count). The SMILES string of the molecule is Cc1cc2nn(C)n2cc1C1=CCN(Sc2ccc(OCC(C)C)cc2)CC1. The maximum atomic E-state index is 5.77. The van der Waals surface area contributed by atoms with Crippen molar-refractivity contribution < 1.29 is 4.74 Å². The summed E-state index contributed by atoms with van der Waals surface area (Å²) in [4.78, 5) is 3.13. The Morgan fingerprint density at radius 3 is 2.64 bits per heavy atom. The summed E-state index contributed by atoms with van der Waals surface area (Å²) in [5, 5.41) is 4.37. The molecule has 0 fully saturated rings. The van der Waals surface area contributed by atoms with Crippen molar-refractivity contribution in [2.45, 2.75) is 32.1 Å². The van der Waals surface area contributed by atoms with Crippen molar-refractivity contribution >= 4 is 23.2 Å². The van der Waals surface area contributed by atoms with Gasteiger partial charge in [-0.3, -0.25) is 0 Å². The minimum Gasteiger partial charge on any atom is -0.493 e. The molecule has 1 aliphatic heterocycles. The molecular formula is C22H28N4OS. The zero-order chi connectivity index (χ0) is 19.7. The molecule has 148 valence electrons. The van der Waals surface area contributed by atoms with Crippen LogP contribution in [0.4, 0.5) is 0 Å². The van der Waals surface area contributed by atoms with Crippen LogP contribution in [-0.4, -0.2) is 38.4 Å². The van der Waals surface area contributed by atoms with E-state index in [1.807, 2.05) is 23.8 Å². The minimum absolute atomic E-state index is 0.543. The highest BCUT2D eigenvalue weighted by atomic mass is 32.2. The molecule has 0 bridgehead atoms. The molecular weight excluding hydrogens is 368 g/mol. The molecule has 0 saturated carbocycles. The standard InChI is InChI=1S/C22H28N4OS/c1-16(2)15-27-19-5-7-20(8-6-19)28-25-11-9-18(10-12-25)21-14-26-22(13-17(21)3)23-24(26)4/h5-9,13-14,16H,10-12,15H2,1-4H3. The van der Waals surface area contributed by atoms with Gasteiger partial charge in [-0.15, -0.1) is 5.10 Å². The molecule has 1 aromatic carbocycles. The summed E-state index contributed by atoms with van der Waals surface area (Å²) in [5.41, 5.74) is 5.09. The number of nitrogens with zero attached hydrogens (tertiary/aromatic N) is 4. The Kier molecular flexibility index (Phi) is 5.51. The molecule has 3 heterocycles. The number of hydrogen-bond donors (Lipinski definition) is 0. The maximum Gasteiger partial charge on any atom is 0.175 e. The lowest BCUT2D eigenvalue weighted by atomic mass is 9.98. The van der Waals surface area contributed by atoms with Gasteiger partial charge in [0.2, 0.25) is 0 Å². The van der Waals surface area contributed by atoms with Crippen molar-refractivity contribution in [3.05, 3.63) is 53.7 Å². The first kappa shape index (κ1) is 19.2. The molecule has 5 nitrogen and oxygen atoms in total. The van der Waals surface area contributed by atoms with E-state index in [9.17, 15) is 0 Å². The summed E-state index contributed by atoms with van der Waals surface area (Å²) in [6, 6.07) is 10.6. The largest absolute Gasteiger partial charge is 0.493 e. The Labute approximate surface area is 171 Å². The molecule has 0 aliphatic carbocycles. The molecule has 2 aromatic heterocycles. The highest BCUT2D eigenvalue weighted by Crippen LogP contribution is 2.31. The van der Waals surface area contributed by atoms with Crippen LogP contribution in [0.15, 0.2) is 47.5 Å². The van der Waals surface area contributed by atoms with Crippen LogP contribution in [-0.2, 0) is 7.05 Å². The van der Waals surface area contributed by atoms with Gasteiger partial charge >= 0.3 is 0 Å². The van der Waals surface area contributed by atoms with E-state index in [-0.39, 0.29) is 0 Å². The minimum atomic E-state index is 0.543. The van der Waals surface area contributed by atoms with Crippen molar-refractivity contribution in [3.63, 3.8) is 0 Å². The van der Waals surface area contributed by atoms with Crippen LogP contribution in [0.2, 0.25) is 0 Å². The monoisotopic (exact) mass is 396 g/mol. The third-order valence-corrected chi connectivity index (χ3v) is 6.05. The summed E-state index contributed by atoms with van der Waals surface area (Å²) in [6.07, 6.45) is 5.63. The zero-order valence-corrected chi connectivity index (χ0v) is 17.9. The van der Waals surface area contributed by atoms with Crippen molar-refractivity contribution in [1.82, 2.24) is 18.7 Å². The molecule has 0 saturated heterocycles. The molecule has 0 unspecified atom stereocenters. The summed E-state index contributed by atoms with van der Waals surface area (Å²) in [7, 11) is 1.97. The van der Waals surface area contributed by atoms with Gasteiger partial charge in [0.15, 0.2) is 5.65 Å². The van der Waals surface area contributed by atoms with Crippen LogP contribution in [0.3, 0.4) is 0 Å². The van der Waals surface area contributed by atoms with E-state index in [4.69, 9.17) is 4.74 Å². The van der Waals surface area contributed by atoms with E-state index in [0.29, 0.717) is 5.92 Å². The van der Waals surface area contributed by atoms with E-state index in [1.165, 1.54) is 21.6 Å². The number of fused-ring (bicyclic) bond motifs is 1. The van der Waals surface area contributed by atoms with Gasteiger partial charge < -0.3 is 4.74 Å². The summed E-state index contributed by atoms with van der Waals surface area (Å²) < 4.78 is 10.3. The van der Waals surface area contributed by atoms with Gasteiger partial charge in [-0.2, -0.15) is 0 Å². The molecule has 0 N–H and O–H groups in total. The number of pyridine rings is 1. The normalized spacial score (nSPS) is 15.4. The Morgan fingerprint density at radius 1 is 1.21 bits per heavy atom. The third-order valence-electron chi connectivity index (χ3n) is 4.97. The summed E-state index contributed by atoms with van der Waals surface area (Å²) in [6.45, 7) is 9.26. The molecule has 0 amide bonds. The Morgan fingerprint density at radius 2 is 2.00 bits per heavy atom. The van der Waals surface area contributed by atoms with Gasteiger partial charge in [0, 0.05) is 31.2 Å². The first-order chi connectivity index (χ1) is 13.5. The second-order valence-electron chi connectivity index (χ2n) is 7.80. The highest BCUT2D eigenvalue weighted by molar-refractivity contribution is 7.97. The lowest BCUT2D eigenvalue weighted by Crippen LogP contribution is -2.23. The predicted molar refractivity (Wildman–Crippen MR) is 116 cm³/mol.